The molecule has 1 aromatic heterocycles. The van der Waals surface area contributed by atoms with Crippen LogP contribution in [0.4, 0.5) is 4.79 Å². The van der Waals surface area contributed by atoms with Crippen LogP contribution in [-0.4, -0.2) is 34.2 Å². The van der Waals surface area contributed by atoms with E-state index in [0.717, 1.165) is 19.4 Å². The van der Waals surface area contributed by atoms with E-state index in [-0.39, 0.29) is 11.9 Å². The summed E-state index contributed by atoms with van der Waals surface area (Å²) >= 11 is 0. The number of hydrogen-bond donors (Lipinski definition) is 1. The molecule has 1 fully saturated rings. The summed E-state index contributed by atoms with van der Waals surface area (Å²) in [5.74, 6) is 1.43. The molecule has 1 unspecified atom stereocenters. The minimum atomic E-state index is -0.0238. The predicted octanol–water partition coefficient (Wildman–Crippen LogP) is 3.39. The molecular weight excluding hydrogens is 316 g/mol. The van der Waals surface area contributed by atoms with Crippen molar-refractivity contribution in [1.82, 2.24) is 20.4 Å². The third-order valence-electron chi connectivity index (χ3n) is 4.87. The Labute approximate surface area is 148 Å². The fourth-order valence-electron chi connectivity index (χ4n) is 3.62. The predicted molar refractivity (Wildman–Crippen MR) is 95.5 cm³/mol. The molecule has 1 N–H and O–H groups in total. The van der Waals surface area contributed by atoms with Gasteiger partial charge >= 0.3 is 6.03 Å². The van der Waals surface area contributed by atoms with Crippen LogP contribution in [0.3, 0.4) is 0 Å². The highest BCUT2D eigenvalue weighted by molar-refractivity contribution is 5.74. The second-order valence-corrected chi connectivity index (χ2v) is 6.99. The molecule has 6 nitrogen and oxygen atoms in total. The topological polar surface area (TPSA) is 71.3 Å². The summed E-state index contributed by atoms with van der Waals surface area (Å²) in [5, 5.41) is 7.08. The highest BCUT2D eigenvalue weighted by Gasteiger charge is 2.27. The lowest BCUT2D eigenvalue weighted by atomic mass is 9.97. The minimum absolute atomic E-state index is 0.0238. The Balaban J connectivity index is 1.61. The van der Waals surface area contributed by atoms with E-state index in [1.54, 1.807) is 6.92 Å². The summed E-state index contributed by atoms with van der Waals surface area (Å²) in [6, 6.07) is 4.29. The Bertz CT molecular complexity index is 746. The zero-order chi connectivity index (χ0) is 18.0. The lowest BCUT2D eigenvalue weighted by molar-refractivity contribution is 0.177. The van der Waals surface area contributed by atoms with Gasteiger partial charge in [-0.25, -0.2) is 4.79 Å². The summed E-state index contributed by atoms with van der Waals surface area (Å²) in [6.07, 6.45) is 1.94. The molecule has 1 atom stereocenters. The number of hydrogen-bond acceptors (Lipinski definition) is 4. The molecule has 1 aliphatic rings. The largest absolute Gasteiger partial charge is 0.340 e. The lowest BCUT2D eigenvalue weighted by Gasteiger charge is -2.31. The van der Waals surface area contributed by atoms with Gasteiger partial charge in [-0.3, -0.25) is 0 Å². The number of carbonyl (C=O) groups is 1. The van der Waals surface area contributed by atoms with Gasteiger partial charge in [-0.2, -0.15) is 4.98 Å². The van der Waals surface area contributed by atoms with Crippen LogP contribution in [0.1, 0.15) is 52.7 Å². The molecule has 0 spiro atoms. The maximum atomic E-state index is 12.6. The van der Waals surface area contributed by atoms with Crippen LogP contribution < -0.4 is 5.32 Å². The number of benzene rings is 1. The second-order valence-electron chi connectivity index (χ2n) is 6.99. The Kier molecular flexibility index (Phi) is 5.06. The van der Waals surface area contributed by atoms with E-state index in [1.165, 1.54) is 22.3 Å². The van der Waals surface area contributed by atoms with Crippen LogP contribution in [0, 0.1) is 27.7 Å². The number of carbonyl (C=O) groups excluding carboxylic acids is 1. The van der Waals surface area contributed by atoms with Crippen LogP contribution in [0.15, 0.2) is 16.7 Å². The summed E-state index contributed by atoms with van der Waals surface area (Å²) in [4.78, 5) is 18.8. The summed E-state index contributed by atoms with van der Waals surface area (Å²) < 4.78 is 5.07. The molecule has 0 aliphatic carbocycles. The van der Waals surface area contributed by atoms with E-state index in [9.17, 15) is 4.79 Å². The summed E-state index contributed by atoms with van der Waals surface area (Å²) in [7, 11) is 0. The molecule has 1 saturated heterocycles. The van der Waals surface area contributed by atoms with Crippen molar-refractivity contribution in [2.45, 2.75) is 53.0 Å². The number of likely N-dealkylation sites (tertiary alicyclic amines) is 1. The molecule has 1 aliphatic heterocycles. The highest BCUT2D eigenvalue weighted by Crippen LogP contribution is 2.25. The fraction of sp³-hybridized carbons (Fsp3) is 0.526. The normalized spacial score (nSPS) is 17.6. The van der Waals surface area contributed by atoms with Crippen LogP contribution in [0.5, 0.6) is 0 Å². The zero-order valence-corrected chi connectivity index (χ0v) is 15.4. The fourth-order valence-corrected chi connectivity index (χ4v) is 3.62. The van der Waals surface area contributed by atoms with E-state index in [2.05, 4.69) is 48.4 Å². The Hall–Kier alpha value is -2.37. The van der Waals surface area contributed by atoms with Crippen molar-refractivity contribution in [3.8, 4) is 0 Å². The molecule has 2 aromatic rings. The minimum Gasteiger partial charge on any atom is -0.340 e. The van der Waals surface area contributed by atoms with Crippen LogP contribution in [0.25, 0.3) is 0 Å². The van der Waals surface area contributed by atoms with Crippen molar-refractivity contribution in [1.29, 1.82) is 0 Å². The number of aryl methyl sites for hydroxylation is 4. The van der Waals surface area contributed by atoms with Crippen molar-refractivity contribution in [2.24, 2.45) is 0 Å². The average molecular weight is 342 g/mol. The third-order valence-corrected chi connectivity index (χ3v) is 4.87. The van der Waals surface area contributed by atoms with Crippen molar-refractivity contribution < 1.29 is 9.32 Å². The van der Waals surface area contributed by atoms with Crippen LogP contribution in [-0.2, 0) is 6.54 Å². The van der Waals surface area contributed by atoms with Gasteiger partial charge in [-0.1, -0.05) is 22.9 Å². The molecule has 2 heterocycles. The number of amides is 2. The van der Waals surface area contributed by atoms with E-state index in [0.29, 0.717) is 24.8 Å². The van der Waals surface area contributed by atoms with Gasteiger partial charge < -0.3 is 14.7 Å². The maximum Gasteiger partial charge on any atom is 0.317 e. The van der Waals surface area contributed by atoms with Crippen molar-refractivity contribution in [3.63, 3.8) is 0 Å². The van der Waals surface area contributed by atoms with E-state index in [4.69, 9.17) is 4.52 Å². The second kappa shape index (κ2) is 7.25. The maximum absolute atomic E-state index is 12.6. The van der Waals surface area contributed by atoms with Gasteiger partial charge in [0.25, 0.3) is 0 Å². The average Bonchev–Trinajstić information content (AvgIpc) is 3.00. The van der Waals surface area contributed by atoms with Crippen LogP contribution >= 0.6 is 0 Å². The van der Waals surface area contributed by atoms with Gasteiger partial charge in [0.1, 0.15) is 0 Å². The highest BCUT2D eigenvalue weighted by atomic mass is 16.5. The number of nitrogens with zero attached hydrogens (tertiary/aromatic N) is 3. The molecule has 0 saturated carbocycles. The van der Waals surface area contributed by atoms with Gasteiger partial charge in [0.15, 0.2) is 5.82 Å². The molecule has 3 rings (SSSR count). The first-order chi connectivity index (χ1) is 11.9. The molecule has 25 heavy (non-hydrogen) atoms. The third kappa shape index (κ3) is 4.00. The zero-order valence-electron chi connectivity index (χ0n) is 15.4. The molecular formula is C19H26N4O2. The van der Waals surface area contributed by atoms with Gasteiger partial charge in [0.05, 0.1) is 0 Å². The first-order valence-corrected chi connectivity index (χ1v) is 8.83. The van der Waals surface area contributed by atoms with Crippen LogP contribution in [0.2, 0.25) is 0 Å². The molecule has 0 radical (unpaired) electrons. The Morgan fingerprint density at radius 3 is 2.64 bits per heavy atom. The number of nitrogens with one attached hydrogen (secondary N) is 1. The molecule has 134 valence electrons. The van der Waals surface area contributed by atoms with Crippen molar-refractivity contribution >= 4 is 6.03 Å². The Morgan fingerprint density at radius 1 is 1.28 bits per heavy atom. The van der Waals surface area contributed by atoms with Gasteiger partial charge in [-0.05, 0) is 50.3 Å². The van der Waals surface area contributed by atoms with Crippen molar-refractivity contribution in [2.75, 3.05) is 13.1 Å². The van der Waals surface area contributed by atoms with Gasteiger partial charge in [-0.15, -0.1) is 0 Å². The molecule has 1 aromatic carbocycles. The summed E-state index contributed by atoms with van der Waals surface area (Å²) in [6.45, 7) is 10.0. The standard InChI is InChI=1S/C19H26N4O2/c1-12-8-13(2)17(14(3)9-12)10-20-19(24)23-7-5-6-16(11-23)18-21-15(4)25-22-18/h8-9,16H,5-7,10-11H2,1-4H3,(H,20,24). The first kappa shape index (κ1) is 17.5. The Morgan fingerprint density at radius 2 is 2.00 bits per heavy atom. The number of rotatable bonds is 3. The number of aromatic nitrogens is 2. The number of urea groups is 1. The van der Waals surface area contributed by atoms with Gasteiger partial charge in [0, 0.05) is 32.5 Å². The van der Waals surface area contributed by atoms with Crippen molar-refractivity contribution in [3.05, 3.63) is 46.1 Å². The SMILES string of the molecule is Cc1cc(C)c(CNC(=O)N2CCCC(c3noc(C)n3)C2)c(C)c1. The van der Waals surface area contributed by atoms with Gasteiger partial charge in [0.2, 0.25) is 5.89 Å². The van der Waals surface area contributed by atoms with E-state index in [1.807, 2.05) is 4.90 Å². The lowest BCUT2D eigenvalue weighted by Crippen LogP contribution is -2.45. The molecule has 0 bridgehead atoms. The van der Waals surface area contributed by atoms with E-state index < -0.39 is 0 Å². The monoisotopic (exact) mass is 342 g/mol. The summed E-state index contributed by atoms with van der Waals surface area (Å²) in [5.41, 5.74) is 4.88. The first-order valence-electron chi connectivity index (χ1n) is 8.83. The molecule has 2 amide bonds. The number of piperidine rings is 1. The molecule has 6 heteroatoms. The smallest absolute Gasteiger partial charge is 0.317 e. The quantitative estimate of drug-likeness (QED) is 0.928. The van der Waals surface area contributed by atoms with E-state index >= 15 is 0 Å².